The summed E-state index contributed by atoms with van der Waals surface area (Å²) in [6.07, 6.45) is 9.52. The number of aliphatic hydroxyl groups excluding tert-OH is 1. The summed E-state index contributed by atoms with van der Waals surface area (Å²) in [7, 11) is 0. The molecule has 5 atom stereocenters. The van der Waals surface area contributed by atoms with Crippen LogP contribution in [-0.2, 0) is 15.9 Å². The maximum Gasteiger partial charge on any atom is 0.176 e. The van der Waals surface area contributed by atoms with Crippen LogP contribution in [-0.4, -0.2) is 66.8 Å². The highest BCUT2D eigenvalue weighted by molar-refractivity contribution is 5.15. The van der Waals surface area contributed by atoms with Crippen molar-refractivity contribution in [3.8, 4) is 0 Å². The van der Waals surface area contributed by atoms with Crippen LogP contribution in [0.4, 0.5) is 0 Å². The largest absolute Gasteiger partial charge is 0.390 e. The number of benzene rings is 1. The third-order valence-corrected chi connectivity index (χ3v) is 7.94. The SMILES string of the molecule is O[C@H]1[C@H](NCC2CCCCC2)[C@@H]2CO[C@H](O2)[C@H]1N1CCC(Cc2ccccc2)CC1. The maximum atomic E-state index is 11.3. The number of hydrogen-bond donors (Lipinski definition) is 2. The smallest absolute Gasteiger partial charge is 0.176 e. The van der Waals surface area contributed by atoms with Gasteiger partial charge in [0.1, 0.15) is 6.10 Å². The lowest BCUT2D eigenvalue weighted by Gasteiger charge is -2.46. The second-order valence-electron chi connectivity index (χ2n) is 9.96. The van der Waals surface area contributed by atoms with E-state index < -0.39 is 6.10 Å². The van der Waals surface area contributed by atoms with E-state index in [-0.39, 0.29) is 24.5 Å². The molecule has 5 heteroatoms. The van der Waals surface area contributed by atoms with Crippen LogP contribution in [0.3, 0.4) is 0 Å². The van der Waals surface area contributed by atoms with Crippen LogP contribution in [0, 0.1) is 11.8 Å². The monoisotopic (exact) mass is 414 g/mol. The first kappa shape index (κ1) is 20.9. The minimum atomic E-state index is -0.425. The van der Waals surface area contributed by atoms with Crippen molar-refractivity contribution < 1.29 is 14.6 Å². The quantitative estimate of drug-likeness (QED) is 0.750. The molecule has 0 spiro atoms. The molecule has 1 aliphatic carbocycles. The summed E-state index contributed by atoms with van der Waals surface area (Å²) >= 11 is 0. The van der Waals surface area contributed by atoms with E-state index in [4.69, 9.17) is 9.47 Å². The molecule has 1 aromatic rings. The Hall–Kier alpha value is -0.980. The fourth-order valence-electron chi connectivity index (χ4n) is 6.14. The third-order valence-electron chi connectivity index (χ3n) is 7.94. The van der Waals surface area contributed by atoms with Gasteiger partial charge in [0.25, 0.3) is 0 Å². The molecular formula is C25H38N2O3. The topological polar surface area (TPSA) is 54.0 Å². The van der Waals surface area contributed by atoms with Gasteiger partial charge in [0, 0.05) is 0 Å². The lowest BCUT2D eigenvalue weighted by atomic mass is 9.86. The predicted molar refractivity (Wildman–Crippen MR) is 117 cm³/mol. The van der Waals surface area contributed by atoms with Crippen LogP contribution in [0.1, 0.15) is 50.5 Å². The highest BCUT2D eigenvalue weighted by atomic mass is 16.7. The Bertz CT molecular complexity index is 658. The number of nitrogens with one attached hydrogen (secondary N) is 1. The fourth-order valence-corrected chi connectivity index (χ4v) is 6.14. The Morgan fingerprint density at radius 1 is 0.967 bits per heavy atom. The van der Waals surface area contributed by atoms with Crippen molar-refractivity contribution >= 4 is 0 Å². The molecular weight excluding hydrogens is 376 g/mol. The highest BCUT2D eigenvalue weighted by Crippen LogP contribution is 2.34. The van der Waals surface area contributed by atoms with Crippen molar-refractivity contribution in [3.05, 3.63) is 35.9 Å². The van der Waals surface area contributed by atoms with Gasteiger partial charge in [0.15, 0.2) is 6.29 Å². The van der Waals surface area contributed by atoms with E-state index in [0.717, 1.165) is 37.9 Å². The first-order valence-electron chi connectivity index (χ1n) is 12.2. The molecule has 1 aromatic carbocycles. The zero-order valence-corrected chi connectivity index (χ0v) is 18.1. The Kier molecular flexibility index (Phi) is 6.73. The predicted octanol–water partition coefficient (Wildman–Crippen LogP) is 2.96. The standard InChI is InChI=1S/C25H38N2O3/c28-24-22(26-16-20-9-5-2-6-10-20)21-17-29-25(30-21)23(24)27-13-11-19(12-14-27)15-18-7-3-1-4-8-18/h1,3-4,7-8,19-26,28H,2,5-6,9-17H2/t21-,22+,23-,24-,25+/m0/s1. The van der Waals surface area contributed by atoms with Crippen LogP contribution >= 0.6 is 0 Å². The number of fused-ring (bicyclic) bond motifs is 2. The number of rotatable bonds is 6. The molecule has 5 nitrogen and oxygen atoms in total. The van der Waals surface area contributed by atoms with Crippen molar-refractivity contribution in [2.24, 2.45) is 11.8 Å². The van der Waals surface area contributed by atoms with Gasteiger partial charge in [-0.25, -0.2) is 0 Å². The second kappa shape index (κ2) is 9.66. The van der Waals surface area contributed by atoms with E-state index >= 15 is 0 Å². The Morgan fingerprint density at radius 3 is 2.50 bits per heavy atom. The van der Waals surface area contributed by atoms with Gasteiger partial charge >= 0.3 is 0 Å². The van der Waals surface area contributed by atoms with Gasteiger partial charge < -0.3 is 19.9 Å². The summed E-state index contributed by atoms with van der Waals surface area (Å²) in [6.45, 7) is 3.63. The zero-order chi connectivity index (χ0) is 20.3. The van der Waals surface area contributed by atoms with Crippen LogP contribution in [0.25, 0.3) is 0 Å². The summed E-state index contributed by atoms with van der Waals surface area (Å²) < 4.78 is 12.2. The van der Waals surface area contributed by atoms with Crippen LogP contribution in [0.2, 0.25) is 0 Å². The maximum absolute atomic E-state index is 11.3. The lowest BCUT2D eigenvalue weighted by molar-refractivity contribution is -0.186. The number of likely N-dealkylation sites (tertiary alicyclic amines) is 1. The Labute approximate surface area is 181 Å². The number of nitrogens with zero attached hydrogens (tertiary/aromatic N) is 1. The summed E-state index contributed by atoms with van der Waals surface area (Å²) in [4.78, 5) is 2.44. The van der Waals surface area contributed by atoms with Crippen molar-refractivity contribution in [2.75, 3.05) is 26.2 Å². The van der Waals surface area contributed by atoms with Crippen molar-refractivity contribution in [1.29, 1.82) is 0 Å². The van der Waals surface area contributed by atoms with E-state index in [2.05, 4.69) is 40.5 Å². The molecule has 0 amide bonds. The van der Waals surface area contributed by atoms with Gasteiger partial charge in [-0.1, -0.05) is 49.6 Å². The molecule has 1 saturated carbocycles. The van der Waals surface area contributed by atoms with E-state index in [9.17, 15) is 5.11 Å². The molecule has 0 aromatic heterocycles. The van der Waals surface area contributed by atoms with Gasteiger partial charge in [-0.2, -0.15) is 0 Å². The molecule has 2 N–H and O–H groups in total. The molecule has 4 aliphatic rings. The molecule has 0 radical (unpaired) electrons. The first-order chi connectivity index (χ1) is 14.8. The summed E-state index contributed by atoms with van der Waals surface area (Å²) in [5.41, 5.74) is 1.44. The van der Waals surface area contributed by atoms with Gasteiger partial charge in [0.05, 0.1) is 24.8 Å². The average Bonchev–Trinajstić information content (AvgIpc) is 3.21. The Balaban J connectivity index is 1.17. The van der Waals surface area contributed by atoms with Gasteiger partial charge in [-0.05, 0) is 69.1 Å². The third kappa shape index (κ3) is 4.61. The molecule has 4 fully saturated rings. The number of hydrogen-bond acceptors (Lipinski definition) is 5. The molecule has 3 heterocycles. The molecule has 3 saturated heterocycles. The van der Waals surface area contributed by atoms with E-state index in [1.807, 2.05) is 0 Å². The number of ether oxygens (including phenoxy) is 2. The van der Waals surface area contributed by atoms with Gasteiger partial charge in [0.2, 0.25) is 0 Å². The summed E-state index contributed by atoms with van der Waals surface area (Å²) in [6, 6.07) is 10.8. The second-order valence-corrected chi connectivity index (χ2v) is 9.96. The van der Waals surface area contributed by atoms with Crippen molar-refractivity contribution in [1.82, 2.24) is 10.2 Å². The molecule has 2 bridgehead atoms. The van der Waals surface area contributed by atoms with Crippen LogP contribution in [0.15, 0.2) is 30.3 Å². The number of piperidine rings is 1. The Morgan fingerprint density at radius 2 is 1.73 bits per heavy atom. The summed E-state index contributed by atoms with van der Waals surface area (Å²) in [5, 5.41) is 15.0. The van der Waals surface area contributed by atoms with E-state index in [0.29, 0.717) is 6.61 Å². The minimum Gasteiger partial charge on any atom is -0.390 e. The van der Waals surface area contributed by atoms with Crippen LogP contribution in [0.5, 0.6) is 0 Å². The van der Waals surface area contributed by atoms with Crippen LogP contribution < -0.4 is 5.32 Å². The van der Waals surface area contributed by atoms with E-state index in [1.165, 1.54) is 50.5 Å². The summed E-state index contributed by atoms with van der Waals surface area (Å²) in [5.74, 6) is 1.47. The molecule has 166 valence electrons. The van der Waals surface area contributed by atoms with Gasteiger partial charge in [-0.3, -0.25) is 4.90 Å². The first-order valence-corrected chi connectivity index (χ1v) is 12.2. The van der Waals surface area contributed by atoms with E-state index in [1.54, 1.807) is 0 Å². The average molecular weight is 415 g/mol. The highest BCUT2D eigenvalue weighted by Gasteiger charge is 2.52. The molecule has 0 unspecified atom stereocenters. The molecule has 5 rings (SSSR count). The van der Waals surface area contributed by atoms with Gasteiger partial charge in [-0.15, -0.1) is 0 Å². The minimum absolute atomic E-state index is 0.0135. The van der Waals surface area contributed by atoms with Crippen molar-refractivity contribution in [3.63, 3.8) is 0 Å². The normalized spacial score (nSPS) is 36.2. The zero-order valence-electron chi connectivity index (χ0n) is 18.1. The molecule has 30 heavy (non-hydrogen) atoms. The number of aliphatic hydroxyl groups is 1. The molecule has 3 aliphatic heterocycles. The van der Waals surface area contributed by atoms with Crippen molar-refractivity contribution in [2.45, 2.75) is 81.9 Å². The fraction of sp³-hybridized carbons (Fsp3) is 0.760. The lowest BCUT2D eigenvalue weighted by Crippen LogP contribution is -2.65.